The number of carboxylic acid groups (broad SMARTS) is 1. The Kier molecular flexibility index (Phi) is 6.55. The highest BCUT2D eigenvalue weighted by Crippen LogP contribution is 2.47. The Bertz CT molecular complexity index is 1390. The number of carbonyl (C=O) groups is 1. The van der Waals surface area contributed by atoms with Gasteiger partial charge in [-0.25, -0.2) is 13.8 Å². The summed E-state index contributed by atoms with van der Waals surface area (Å²) in [7, 11) is 2.02. The number of rotatable bonds is 8. The molecule has 1 saturated carbocycles. The number of benzene rings is 1. The first-order chi connectivity index (χ1) is 17.7. The monoisotopic (exact) mass is 509 g/mol. The van der Waals surface area contributed by atoms with Crippen LogP contribution in [0.25, 0.3) is 16.9 Å². The fourth-order valence-electron chi connectivity index (χ4n) is 4.79. The lowest BCUT2D eigenvalue weighted by molar-refractivity contribution is -0.140. The molecule has 0 radical (unpaired) electrons. The summed E-state index contributed by atoms with van der Waals surface area (Å²) in [6.45, 7) is 4.06. The second-order valence-corrected chi connectivity index (χ2v) is 9.89. The fraction of sp³-hybridized carbons (Fsp3) is 0.370. The van der Waals surface area contributed by atoms with E-state index in [1.54, 1.807) is 0 Å². The molecule has 2 aromatic heterocycles. The maximum atomic E-state index is 15.4. The Balaban J connectivity index is 1.45. The van der Waals surface area contributed by atoms with Gasteiger partial charge in [0, 0.05) is 37.6 Å². The summed E-state index contributed by atoms with van der Waals surface area (Å²) in [4.78, 5) is 18.1. The molecule has 0 spiro atoms. The van der Waals surface area contributed by atoms with Crippen molar-refractivity contribution in [2.75, 3.05) is 32.1 Å². The molecular formula is C27H29F2N5O3. The van der Waals surface area contributed by atoms with E-state index in [1.807, 2.05) is 36.7 Å². The number of aromatic nitrogens is 2. The Morgan fingerprint density at radius 3 is 2.70 bits per heavy atom. The number of allylic oxidation sites excluding steroid dienone is 1. The van der Waals surface area contributed by atoms with Crippen molar-refractivity contribution in [3.8, 4) is 11.3 Å². The van der Waals surface area contributed by atoms with Crippen LogP contribution in [-0.4, -0.2) is 63.9 Å². The van der Waals surface area contributed by atoms with Gasteiger partial charge in [-0.15, -0.1) is 0 Å². The number of hydrogen-bond acceptors (Lipinski definition) is 6. The van der Waals surface area contributed by atoms with E-state index in [2.05, 4.69) is 15.2 Å². The van der Waals surface area contributed by atoms with E-state index in [1.165, 1.54) is 24.4 Å². The van der Waals surface area contributed by atoms with Crippen molar-refractivity contribution in [3.63, 3.8) is 0 Å². The van der Waals surface area contributed by atoms with Gasteiger partial charge in [0.05, 0.1) is 35.4 Å². The SMILES string of the molecule is Cc1ccn2c(CC3CN(C)CCO3)c(-c3c(F)cc(N/C=C\C(=N)C4(C(=O)O)CC4)cc3F)nc2c1. The molecule has 3 heterocycles. The predicted octanol–water partition coefficient (Wildman–Crippen LogP) is 4.27. The number of nitrogens with zero attached hydrogens (tertiary/aromatic N) is 3. The number of halogens is 2. The Morgan fingerprint density at radius 1 is 1.32 bits per heavy atom. The van der Waals surface area contributed by atoms with Gasteiger partial charge in [-0.1, -0.05) is 0 Å². The zero-order chi connectivity index (χ0) is 26.3. The maximum absolute atomic E-state index is 15.4. The Hall–Kier alpha value is -3.63. The number of imidazole rings is 1. The van der Waals surface area contributed by atoms with Crippen LogP contribution in [0.5, 0.6) is 0 Å². The molecule has 2 fully saturated rings. The lowest BCUT2D eigenvalue weighted by Gasteiger charge is -2.30. The number of aliphatic carboxylic acids is 1. The van der Waals surface area contributed by atoms with E-state index in [0.717, 1.165) is 12.1 Å². The molecule has 1 aliphatic heterocycles. The van der Waals surface area contributed by atoms with Crippen molar-refractivity contribution >= 4 is 23.0 Å². The van der Waals surface area contributed by atoms with Crippen LogP contribution >= 0.6 is 0 Å². The Labute approximate surface area is 213 Å². The number of pyridine rings is 1. The number of carboxylic acids is 1. The largest absolute Gasteiger partial charge is 0.481 e. The van der Waals surface area contributed by atoms with Crippen LogP contribution in [0.3, 0.4) is 0 Å². The van der Waals surface area contributed by atoms with Gasteiger partial charge in [0.15, 0.2) is 0 Å². The third-order valence-electron chi connectivity index (χ3n) is 7.10. The summed E-state index contributed by atoms with van der Waals surface area (Å²) < 4.78 is 38.6. The number of aryl methyl sites for hydroxylation is 1. The van der Waals surface area contributed by atoms with E-state index in [9.17, 15) is 9.90 Å². The molecule has 5 rings (SSSR count). The lowest BCUT2D eigenvalue weighted by atomic mass is 10.0. The first-order valence-corrected chi connectivity index (χ1v) is 12.2. The van der Waals surface area contributed by atoms with Crippen LogP contribution in [-0.2, 0) is 16.0 Å². The average molecular weight is 510 g/mol. The highest BCUT2D eigenvalue weighted by atomic mass is 19.1. The van der Waals surface area contributed by atoms with Crippen LogP contribution in [0.4, 0.5) is 14.5 Å². The molecular weight excluding hydrogens is 480 g/mol. The zero-order valence-corrected chi connectivity index (χ0v) is 20.7. The molecule has 3 aromatic rings. The van der Waals surface area contributed by atoms with Gasteiger partial charge in [-0.3, -0.25) is 4.79 Å². The van der Waals surface area contributed by atoms with Gasteiger partial charge in [-0.05, 0) is 62.7 Å². The topological polar surface area (TPSA) is 103 Å². The number of anilines is 1. The van der Waals surface area contributed by atoms with E-state index in [-0.39, 0.29) is 28.8 Å². The number of fused-ring (bicyclic) bond motifs is 1. The van der Waals surface area contributed by atoms with Crippen LogP contribution < -0.4 is 5.32 Å². The summed E-state index contributed by atoms with van der Waals surface area (Å²) in [6.07, 6.45) is 5.63. The molecule has 3 N–H and O–H groups in total. The van der Waals surface area contributed by atoms with Crippen molar-refractivity contribution in [2.45, 2.75) is 32.3 Å². The van der Waals surface area contributed by atoms with E-state index < -0.39 is 23.0 Å². The standard InChI is InChI=1S/C27H29F2N5O3/c1-16-4-8-34-21(14-18-15-33(2)9-10-37-18)25(32-23(34)11-16)24-19(28)12-17(13-20(24)29)31-7-3-22(30)27(5-6-27)26(35)36/h3-4,7-8,11-13,18,30-31H,5-6,9-10,14-15H2,1-2H3,(H,35,36)/b7-3-,30-22?. The van der Waals surface area contributed by atoms with Crippen molar-refractivity contribution in [1.29, 1.82) is 5.41 Å². The first kappa shape index (κ1) is 25.0. The highest BCUT2D eigenvalue weighted by molar-refractivity contribution is 6.12. The van der Waals surface area contributed by atoms with Gasteiger partial charge in [-0.2, -0.15) is 0 Å². The number of ether oxygens (including phenoxy) is 1. The summed E-state index contributed by atoms with van der Waals surface area (Å²) in [5.74, 6) is -2.59. The molecule has 1 aliphatic carbocycles. The minimum atomic E-state index is -1.15. The van der Waals surface area contributed by atoms with Crippen LogP contribution in [0.15, 0.2) is 42.7 Å². The van der Waals surface area contributed by atoms with Gasteiger partial charge in [0.1, 0.15) is 22.7 Å². The molecule has 10 heteroatoms. The summed E-state index contributed by atoms with van der Waals surface area (Å²) in [5.41, 5.74) is 1.22. The number of morpholine rings is 1. The molecule has 194 valence electrons. The van der Waals surface area contributed by atoms with Crippen LogP contribution in [0.2, 0.25) is 0 Å². The highest BCUT2D eigenvalue weighted by Gasteiger charge is 2.53. The quantitative estimate of drug-likeness (QED) is 0.392. The second kappa shape index (κ2) is 9.68. The number of hydrogen-bond donors (Lipinski definition) is 3. The summed E-state index contributed by atoms with van der Waals surface area (Å²) >= 11 is 0. The molecule has 1 aromatic carbocycles. The van der Waals surface area contributed by atoms with Crippen LogP contribution in [0.1, 0.15) is 24.1 Å². The van der Waals surface area contributed by atoms with Crippen molar-refractivity contribution in [2.24, 2.45) is 5.41 Å². The molecule has 1 saturated heterocycles. The smallest absolute Gasteiger partial charge is 0.315 e. The first-order valence-electron chi connectivity index (χ1n) is 12.2. The summed E-state index contributed by atoms with van der Waals surface area (Å²) in [6, 6.07) is 6.13. The normalized spacial score (nSPS) is 19.4. The minimum Gasteiger partial charge on any atom is -0.481 e. The van der Waals surface area contributed by atoms with Gasteiger partial charge < -0.3 is 29.9 Å². The van der Waals surface area contributed by atoms with Crippen molar-refractivity contribution < 1.29 is 23.4 Å². The van der Waals surface area contributed by atoms with Gasteiger partial charge >= 0.3 is 5.97 Å². The Morgan fingerprint density at radius 2 is 2.05 bits per heavy atom. The van der Waals surface area contributed by atoms with Gasteiger partial charge in [0.2, 0.25) is 0 Å². The molecule has 2 aliphatic rings. The van der Waals surface area contributed by atoms with E-state index in [0.29, 0.717) is 43.8 Å². The second-order valence-electron chi connectivity index (χ2n) is 9.89. The maximum Gasteiger partial charge on any atom is 0.315 e. The molecule has 0 amide bonds. The lowest BCUT2D eigenvalue weighted by Crippen LogP contribution is -2.41. The molecule has 1 atom stereocenters. The zero-order valence-electron chi connectivity index (χ0n) is 20.7. The average Bonchev–Trinajstić information content (AvgIpc) is 3.58. The number of likely N-dealkylation sites (N-methyl/N-ethyl adjacent to an activating group) is 1. The molecule has 8 nitrogen and oxygen atoms in total. The van der Waals surface area contributed by atoms with E-state index >= 15 is 8.78 Å². The van der Waals surface area contributed by atoms with E-state index in [4.69, 9.17) is 10.1 Å². The van der Waals surface area contributed by atoms with Crippen molar-refractivity contribution in [3.05, 3.63) is 65.6 Å². The van der Waals surface area contributed by atoms with Gasteiger partial charge in [0.25, 0.3) is 0 Å². The molecule has 0 bridgehead atoms. The number of nitrogens with one attached hydrogen (secondary N) is 2. The predicted molar refractivity (Wildman–Crippen MR) is 136 cm³/mol. The van der Waals surface area contributed by atoms with Crippen molar-refractivity contribution in [1.82, 2.24) is 14.3 Å². The third kappa shape index (κ3) is 4.86. The summed E-state index contributed by atoms with van der Waals surface area (Å²) in [5, 5.41) is 20.1. The molecule has 37 heavy (non-hydrogen) atoms. The third-order valence-corrected chi connectivity index (χ3v) is 7.10. The molecule has 1 unspecified atom stereocenters. The van der Waals surface area contributed by atoms with Crippen LogP contribution in [0, 0.1) is 29.4 Å². The fourth-order valence-corrected chi connectivity index (χ4v) is 4.79. The minimum absolute atomic E-state index is 0.0507.